The van der Waals surface area contributed by atoms with Crippen LogP contribution >= 0.6 is 0 Å². The Labute approximate surface area is 158 Å². The standard InChI is InChI=1S/C22H23NO4/c1-3-22(21(24)25,17-10-9-11-18(16-17)26-4-2)27-20-13-6-5-12-19(20)23-14-7-8-15-23/h5-16H,3-4H2,1-2H3,(H,24,25). The number of hydrogen-bond donors (Lipinski definition) is 1. The number of benzene rings is 2. The lowest BCUT2D eigenvalue weighted by Gasteiger charge is -2.31. The highest BCUT2D eigenvalue weighted by molar-refractivity contribution is 5.80. The summed E-state index contributed by atoms with van der Waals surface area (Å²) in [5.74, 6) is 0.0806. The first-order valence-corrected chi connectivity index (χ1v) is 8.99. The highest BCUT2D eigenvalue weighted by Crippen LogP contribution is 2.36. The van der Waals surface area contributed by atoms with Gasteiger partial charge in [0, 0.05) is 18.0 Å². The summed E-state index contributed by atoms with van der Waals surface area (Å²) >= 11 is 0. The Bertz CT molecular complexity index is 904. The molecule has 1 aromatic heterocycles. The van der Waals surface area contributed by atoms with Gasteiger partial charge in [0.25, 0.3) is 0 Å². The number of rotatable bonds is 8. The molecule has 3 rings (SSSR count). The number of aromatic nitrogens is 1. The van der Waals surface area contributed by atoms with Gasteiger partial charge in [0.1, 0.15) is 11.5 Å². The fraction of sp³-hybridized carbons (Fsp3) is 0.227. The Morgan fingerprint density at radius 2 is 1.78 bits per heavy atom. The predicted octanol–water partition coefficient (Wildman–Crippen LogP) is 4.64. The second-order valence-electron chi connectivity index (χ2n) is 6.11. The summed E-state index contributed by atoms with van der Waals surface area (Å²) in [5.41, 5.74) is -0.190. The predicted molar refractivity (Wildman–Crippen MR) is 104 cm³/mol. The number of carbonyl (C=O) groups is 1. The number of para-hydroxylation sites is 2. The zero-order chi connectivity index (χ0) is 19.3. The van der Waals surface area contributed by atoms with Gasteiger partial charge in [-0.3, -0.25) is 0 Å². The van der Waals surface area contributed by atoms with E-state index < -0.39 is 11.6 Å². The van der Waals surface area contributed by atoms with Gasteiger partial charge < -0.3 is 19.1 Å². The highest BCUT2D eigenvalue weighted by atomic mass is 16.5. The van der Waals surface area contributed by atoms with Gasteiger partial charge >= 0.3 is 5.97 Å². The lowest BCUT2D eigenvalue weighted by molar-refractivity contribution is -0.156. The first-order valence-electron chi connectivity index (χ1n) is 8.99. The normalized spacial score (nSPS) is 13.0. The van der Waals surface area contributed by atoms with Crippen molar-refractivity contribution in [1.82, 2.24) is 4.57 Å². The van der Waals surface area contributed by atoms with Crippen LogP contribution < -0.4 is 9.47 Å². The van der Waals surface area contributed by atoms with Crippen molar-refractivity contribution in [2.75, 3.05) is 6.61 Å². The van der Waals surface area contributed by atoms with E-state index in [0.717, 1.165) is 5.69 Å². The lowest BCUT2D eigenvalue weighted by atomic mass is 9.90. The fourth-order valence-corrected chi connectivity index (χ4v) is 3.10. The van der Waals surface area contributed by atoms with Crippen LogP contribution in [0.2, 0.25) is 0 Å². The van der Waals surface area contributed by atoms with E-state index in [9.17, 15) is 9.90 Å². The molecule has 0 radical (unpaired) electrons. The maximum Gasteiger partial charge on any atom is 0.352 e. The van der Waals surface area contributed by atoms with Crippen LogP contribution in [0.5, 0.6) is 11.5 Å². The molecule has 3 aromatic rings. The van der Waals surface area contributed by atoms with Crippen LogP contribution in [-0.2, 0) is 10.4 Å². The van der Waals surface area contributed by atoms with Crippen molar-refractivity contribution in [2.24, 2.45) is 0 Å². The van der Waals surface area contributed by atoms with Crippen molar-refractivity contribution in [3.05, 3.63) is 78.6 Å². The van der Waals surface area contributed by atoms with Crippen LogP contribution in [0.15, 0.2) is 73.1 Å². The second-order valence-corrected chi connectivity index (χ2v) is 6.11. The molecule has 0 spiro atoms. The van der Waals surface area contributed by atoms with Gasteiger partial charge in [-0.15, -0.1) is 0 Å². The maximum absolute atomic E-state index is 12.4. The van der Waals surface area contributed by atoms with E-state index in [-0.39, 0.29) is 6.42 Å². The molecule has 0 saturated heterocycles. The Kier molecular flexibility index (Phi) is 5.50. The van der Waals surface area contributed by atoms with Gasteiger partial charge in [-0.05, 0) is 49.7 Å². The second kappa shape index (κ2) is 7.99. The molecule has 1 N–H and O–H groups in total. The third-order valence-electron chi connectivity index (χ3n) is 4.49. The highest BCUT2D eigenvalue weighted by Gasteiger charge is 2.42. The summed E-state index contributed by atoms with van der Waals surface area (Å²) in [7, 11) is 0. The number of hydrogen-bond acceptors (Lipinski definition) is 3. The van der Waals surface area contributed by atoms with Gasteiger partial charge in [0.2, 0.25) is 5.60 Å². The zero-order valence-electron chi connectivity index (χ0n) is 15.5. The van der Waals surface area contributed by atoms with Crippen LogP contribution in [0.4, 0.5) is 0 Å². The third-order valence-corrected chi connectivity index (χ3v) is 4.49. The van der Waals surface area contributed by atoms with Crippen LogP contribution in [-0.4, -0.2) is 22.2 Å². The quantitative estimate of drug-likeness (QED) is 0.631. The molecule has 0 fully saturated rings. The van der Waals surface area contributed by atoms with E-state index in [0.29, 0.717) is 23.7 Å². The minimum Gasteiger partial charge on any atom is -0.494 e. The average molecular weight is 365 g/mol. The van der Waals surface area contributed by atoms with Crippen LogP contribution in [0.25, 0.3) is 5.69 Å². The van der Waals surface area contributed by atoms with Crippen molar-refractivity contribution < 1.29 is 19.4 Å². The maximum atomic E-state index is 12.4. The molecule has 140 valence electrons. The molecule has 0 amide bonds. The summed E-state index contributed by atoms with van der Waals surface area (Å²) in [6.45, 7) is 4.20. The Morgan fingerprint density at radius 3 is 2.44 bits per heavy atom. The largest absolute Gasteiger partial charge is 0.494 e. The van der Waals surface area contributed by atoms with E-state index in [4.69, 9.17) is 9.47 Å². The molecule has 0 aliphatic rings. The van der Waals surface area contributed by atoms with Crippen LogP contribution in [0.1, 0.15) is 25.8 Å². The molecule has 1 atom stereocenters. The molecule has 2 aromatic carbocycles. The SMILES string of the molecule is CCOc1cccc(C(CC)(Oc2ccccc2-n2cccc2)C(=O)O)c1. The molecule has 5 heteroatoms. The molecule has 1 unspecified atom stereocenters. The van der Waals surface area contributed by atoms with Crippen molar-refractivity contribution in [3.8, 4) is 17.2 Å². The van der Waals surface area contributed by atoms with E-state index in [1.807, 2.05) is 60.3 Å². The number of ether oxygens (including phenoxy) is 2. The molecule has 5 nitrogen and oxygen atoms in total. The van der Waals surface area contributed by atoms with Crippen LogP contribution in [0.3, 0.4) is 0 Å². The van der Waals surface area contributed by atoms with E-state index in [2.05, 4.69) is 0 Å². The monoisotopic (exact) mass is 365 g/mol. The van der Waals surface area contributed by atoms with E-state index in [1.165, 1.54) is 0 Å². The van der Waals surface area contributed by atoms with E-state index >= 15 is 0 Å². The molecule has 0 aliphatic carbocycles. The lowest BCUT2D eigenvalue weighted by Crippen LogP contribution is -2.41. The molecular weight excluding hydrogens is 342 g/mol. The number of aliphatic carboxylic acids is 1. The van der Waals surface area contributed by atoms with Gasteiger partial charge in [-0.1, -0.05) is 31.2 Å². The van der Waals surface area contributed by atoms with Crippen LogP contribution in [0, 0.1) is 0 Å². The number of nitrogens with zero attached hydrogens (tertiary/aromatic N) is 1. The summed E-state index contributed by atoms with van der Waals surface area (Å²) < 4.78 is 13.7. The number of carboxylic acids is 1. The summed E-state index contributed by atoms with van der Waals surface area (Å²) in [6, 6.07) is 18.3. The van der Waals surface area contributed by atoms with Crippen molar-refractivity contribution in [1.29, 1.82) is 0 Å². The Morgan fingerprint density at radius 1 is 1.04 bits per heavy atom. The summed E-state index contributed by atoms with van der Waals surface area (Å²) in [5, 5.41) is 10.1. The first kappa shape index (κ1) is 18.6. The van der Waals surface area contributed by atoms with Gasteiger partial charge in [0.05, 0.1) is 12.3 Å². The van der Waals surface area contributed by atoms with Crippen molar-refractivity contribution in [3.63, 3.8) is 0 Å². The van der Waals surface area contributed by atoms with Crippen molar-refractivity contribution in [2.45, 2.75) is 25.9 Å². The summed E-state index contributed by atoms with van der Waals surface area (Å²) in [4.78, 5) is 12.4. The number of carboxylic acid groups (broad SMARTS) is 1. The fourth-order valence-electron chi connectivity index (χ4n) is 3.10. The van der Waals surface area contributed by atoms with Crippen molar-refractivity contribution >= 4 is 5.97 Å². The topological polar surface area (TPSA) is 60.7 Å². The van der Waals surface area contributed by atoms with Gasteiger partial charge in [0.15, 0.2) is 0 Å². The smallest absolute Gasteiger partial charge is 0.352 e. The average Bonchev–Trinajstić information content (AvgIpc) is 3.21. The zero-order valence-corrected chi connectivity index (χ0v) is 15.5. The van der Waals surface area contributed by atoms with Gasteiger partial charge in [-0.2, -0.15) is 0 Å². The summed E-state index contributed by atoms with van der Waals surface area (Å²) in [6.07, 6.45) is 4.05. The molecule has 1 heterocycles. The minimum absolute atomic E-state index is 0.262. The molecule has 0 saturated carbocycles. The molecule has 0 bridgehead atoms. The third kappa shape index (κ3) is 3.67. The molecule has 0 aliphatic heterocycles. The first-order chi connectivity index (χ1) is 13.1. The molecule has 27 heavy (non-hydrogen) atoms. The van der Waals surface area contributed by atoms with Gasteiger partial charge in [-0.25, -0.2) is 4.79 Å². The minimum atomic E-state index is -1.52. The molecular formula is C22H23NO4. The Hall–Kier alpha value is -3.21. The van der Waals surface area contributed by atoms with E-state index in [1.54, 1.807) is 31.2 Å². The Balaban J connectivity index is 2.08.